The maximum atomic E-state index is 10.8. The van der Waals surface area contributed by atoms with Gasteiger partial charge in [-0.1, -0.05) is 13.8 Å². The van der Waals surface area contributed by atoms with Gasteiger partial charge in [0.15, 0.2) is 5.62 Å². The van der Waals surface area contributed by atoms with Crippen molar-refractivity contribution in [2.75, 3.05) is 5.75 Å². The van der Waals surface area contributed by atoms with Crippen LogP contribution in [0.25, 0.3) is 0 Å². The number of rotatable bonds is 3. The number of carbonyl (C=O) groups is 1. The van der Waals surface area contributed by atoms with Crippen molar-refractivity contribution in [3.8, 4) is 0 Å². The summed E-state index contributed by atoms with van der Waals surface area (Å²) in [5.74, 6) is 0.524. The molecule has 0 unspecified atom stereocenters. The molecule has 0 saturated heterocycles. The van der Waals surface area contributed by atoms with E-state index in [9.17, 15) is 9.00 Å². The fourth-order valence-corrected chi connectivity index (χ4v) is 2.45. The van der Waals surface area contributed by atoms with Crippen molar-refractivity contribution in [2.45, 2.75) is 13.8 Å². The van der Waals surface area contributed by atoms with E-state index in [1.165, 1.54) is 0 Å². The molecule has 0 aliphatic carbocycles. The Bertz CT molecular complexity index is 144. The van der Waals surface area contributed by atoms with Crippen molar-refractivity contribution < 1.29 is 9.00 Å². The molecule has 0 N–H and O–H groups in total. The van der Waals surface area contributed by atoms with Gasteiger partial charge in [0, 0.05) is 14.9 Å². The predicted molar refractivity (Wildman–Crippen MR) is 41.8 cm³/mol. The molecule has 0 atom stereocenters. The lowest BCUT2D eigenvalue weighted by atomic mass is 10.3. The van der Waals surface area contributed by atoms with E-state index in [-0.39, 0.29) is 5.92 Å². The predicted octanol–water partition coefficient (Wildman–Crippen LogP) is 1.00. The van der Waals surface area contributed by atoms with Crippen LogP contribution in [0.1, 0.15) is 13.8 Å². The van der Waals surface area contributed by atoms with Gasteiger partial charge in [-0.3, -0.25) is 9.00 Å². The molecule has 0 aromatic heterocycles. The molecule has 0 saturated carbocycles. The first-order valence-corrected chi connectivity index (χ1v) is 5.59. The van der Waals surface area contributed by atoms with Gasteiger partial charge >= 0.3 is 0 Å². The SMILES string of the molecule is CC(C)C[SH](=O)(Cl)C=O. The van der Waals surface area contributed by atoms with Gasteiger partial charge in [0.2, 0.25) is 0 Å². The summed E-state index contributed by atoms with van der Waals surface area (Å²) in [6.07, 6.45) is 0. The van der Waals surface area contributed by atoms with Gasteiger partial charge in [0.05, 0.1) is 0 Å². The molecule has 0 bridgehead atoms. The molecule has 0 aliphatic rings. The molecule has 0 radical (unpaired) electrons. The van der Waals surface area contributed by atoms with Crippen LogP contribution in [-0.4, -0.2) is 15.6 Å². The molecule has 0 spiro atoms. The normalized spacial score (nSPS) is 13.8. The largest absolute Gasteiger partial charge is 0.289 e. The van der Waals surface area contributed by atoms with Crippen LogP contribution in [0.2, 0.25) is 0 Å². The van der Waals surface area contributed by atoms with Gasteiger partial charge in [-0.05, 0) is 16.6 Å². The third-order valence-corrected chi connectivity index (χ3v) is 2.97. The van der Waals surface area contributed by atoms with Crippen LogP contribution in [-0.2, 0) is 13.9 Å². The number of hydrogen-bond donors (Lipinski definition) is 1. The molecule has 0 aliphatic heterocycles. The first-order valence-electron chi connectivity index (χ1n) is 2.72. The van der Waals surface area contributed by atoms with E-state index in [0.29, 0.717) is 11.4 Å². The van der Waals surface area contributed by atoms with Crippen molar-refractivity contribution in [1.82, 2.24) is 0 Å². The summed E-state index contributed by atoms with van der Waals surface area (Å²) in [6, 6.07) is 0. The van der Waals surface area contributed by atoms with E-state index in [4.69, 9.17) is 10.7 Å². The van der Waals surface area contributed by atoms with Crippen molar-refractivity contribution in [3.05, 3.63) is 0 Å². The summed E-state index contributed by atoms with van der Waals surface area (Å²) < 4.78 is 10.8. The maximum absolute atomic E-state index is 10.8. The minimum absolute atomic E-state index is 0.221. The van der Waals surface area contributed by atoms with Crippen molar-refractivity contribution >= 4 is 25.4 Å². The van der Waals surface area contributed by atoms with E-state index < -0.39 is 9.15 Å². The second-order valence-electron chi connectivity index (χ2n) is 2.39. The van der Waals surface area contributed by atoms with Crippen LogP contribution in [0.3, 0.4) is 0 Å². The van der Waals surface area contributed by atoms with Gasteiger partial charge in [-0.25, -0.2) is 0 Å². The number of thiol groups is 1. The minimum atomic E-state index is -2.94. The molecule has 9 heavy (non-hydrogen) atoms. The Labute approximate surface area is 60.5 Å². The van der Waals surface area contributed by atoms with Crippen LogP contribution < -0.4 is 0 Å². The number of hydrogen-bond acceptors (Lipinski definition) is 2. The highest BCUT2D eigenvalue weighted by atomic mass is 35.7. The van der Waals surface area contributed by atoms with Crippen LogP contribution in [0, 0.1) is 5.92 Å². The highest BCUT2D eigenvalue weighted by Crippen LogP contribution is 2.11. The van der Waals surface area contributed by atoms with Crippen LogP contribution in [0.5, 0.6) is 0 Å². The van der Waals surface area contributed by atoms with Crippen molar-refractivity contribution in [1.29, 1.82) is 0 Å². The smallest absolute Gasteiger partial charge is 0.195 e. The Hall–Kier alpha value is 0.110. The van der Waals surface area contributed by atoms with E-state index in [0.717, 1.165) is 0 Å². The Morgan fingerprint density at radius 1 is 1.67 bits per heavy atom. The van der Waals surface area contributed by atoms with E-state index >= 15 is 0 Å². The molecular formula is C5H11ClO2S. The Morgan fingerprint density at radius 2 is 2.11 bits per heavy atom. The first kappa shape index (κ1) is 9.11. The lowest BCUT2D eigenvalue weighted by molar-refractivity contribution is 0.565. The molecular weight excluding hydrogens is 160 g/mol. The molecule has 0 rings (SSSR count). The Kier molecular flexibility index (Phi) is 3.36. The fraction of sp³-hybridized carbons (Fsp3) is 0.800. The topological polar surface area (TPSA) is 34.1 Å². The molecule has 0 aromatic carbocycles. The molecule has 0 amide bonds. The third-order valence-electron chi connectivity index (χ3n) is 0.772. The average molecular weight is 171 g/mol. The summed E-state index contributed by atoms with van der Waals surface area (Å²) in [5, 5.41) is 0. The van der Waals surface area contributed by atoms with Crippen LogP contribution in [0.15, 0.2) is 0 Å². The lowest BCUT2D eigenvalue weighted by Gasteiger charge is -2.09. The minimum Gasteiger partial charge on any atom is -0.289 e. The van der Waals surface area contributed by atoms with Crippen LogP contribution >= 0.6 is 10.7 Å². The van der Waals surface area contributed by atoms with E-state index in [2.05, 4.69) is 0 Å². The second-order valence-corrected chi connectivity index (χ2v) is 6.08. The van der Waals surface area contributed by atoms with Crippen molar-refractivity contribution in [3.63, 3.8) is 0 Å². The maximum Gasteiger partial charge on any atom is 0.195 e. The Morgan fingerprint density at radius 3 is 2.22 bits per heavy atom. The summed E-state index contributed by atoms with van der Waals surface area (Å²) in [6.45, 7) is 3.75. The zero-order valence-electron chi connectivity index (χ0n) is 5.50. The van der Waals surface area contributed by atoms with Gasteiger partial charge in [-0.2, -0.15) is 0 Å². The van der Waals surface area contributed by atoms with E-state index in [1.807, 2.05) is 13.8 Å². The van der Waals surface area contributed by atoms with Crippen molar-refractivity contribution in [2.24, 2.45) is 5.92 Å². The summed E-state index contributed by atoms with van der Waals surface area (Å²) in [5.41, 5.74) is 0.356. The molecule has 0 aromatic rings. The summed E-state index contributed by atoms with van der Waals surface area (Å²) in [4.78, 5) is 9.97. The monoisotopic (exact) mass is 170 g/mol. The zero-order valence-corrected chi connectivity index (χ0v) is 7.15. The molecule has 56 valence electrons. The van der Waals surface area contributed by atoms with Gasteiger partial charge < -0.3 is 0 Å². The third kappa shape index (κ3) is 4.60. The zero-order chi connectivity index (χ0) is 7.49. The lowest BCUT2D eigenvalue weighted by Crippen LogP contribution is -2.13. The standard InChI is InChI=1S/C5H11ClO2S/c1-5(2)3-9(6,8)4-7/h4-5,9H,3H2,1-2H3. The fourth-order valence-electron chi connectivity index (χ4n) is 0.541. The number of carbonyl (C=O) groups excluding carboxylic acids is 1. The van der Waals surface area contributed by atoms with Gasteiger partial charge in [0.1, 0.15) is 0 Å². The average Bonchev–Trinajstić information content (AvgIpc) is 1.63. The van der Waals surface area contributed by atoms with Gasteiger partial charge in [0.25, 0.3) is 0 Å². The summed E-state index contributed by atoms with van der Waals surface area (Å²) in [7, 11) is 2.37. The first-order chi connectivity index (χ1) is 3.98. The second kappa shape index (κ2) is 3.32. The summed E-state index contributed by atoms with van der Waals surface area (Å²) >= 11 is 0. The Balaban J connectivity index is 3.88. The van der Waals surface area contributed by atoms with Crippen LogP contribution in [0.4, 0.5) is 0 Å². The highest BCUT2D eigenvalue weighted by Gasteiger charge is 2.10. The highest BCUT2D eigenvalue weighted by molar-refractivity contribution is 8.33. The van der Waals surface area contributed by atoms with E-state index in [1.54, 1.807) is 0 Å². The molecule has 2 nitrogen and oxygen atoms in total. The molecule has 4 heteroatoms. The van der Waals surface area contributed by atoms with Gasteiger partial charge in [-0.15, -0.1) is 0 Å². The molecule has 0 heterocycles. The molecule has 0 fully saturated rings. The quantitative estimate of drug-likeness (QED) is 0.390. The number of halogens is 1.